The summed E-state index contributed by atoms with van der Waals surface area (Å²) in [6.45, 7) is 3.13. The van der Waals surface area contributed by atoms with Crippen LogP contribution in [0.1, 0.15) is 16.8 Å². The number of aromatic hydroxyl groups is 1. The fraction of sp³-hybridized carbons (Fsp3) is 0.263. The molecular formula is C19H20N2O. The number of benzene rings is 2. The van der Waals surface area contributed by atoms with E-state index in [0.717, 1.165) is 38.0 Å². The Morgan fingerprint density at radius 3 is 2.82 bits per heavy atom. The molecule has 2 aromatic carbocycles. The Morgan fingerprint density at radius 2 is 1.91 bits per heavy atom. The summed E-state index contributed by atoms with van der Waals surface area (Å²) in [5.41, 5.74) is 5.19. The molecule has 3 heteroatoms. The number of nitrogens with one attached hydrogen (secondary N) is 1. The van der Waals surface area contributed by atoms with Gasteiger partial charge in [-0.2, -0.15) is 0 Å². The molecule has 1 aliphatic rings. The molecule has 3 nitrogen and oxygen atoms in total. The fourth-order valence-corrected chi connectivity index (χ4v) is 3.37. The predicted octanol–water partition coefficient (Wildman–Crippen LogP) is 3.08. The average molecular weight is 292 g/mol. The molecule has 0 radical (unpaired) electrons. The van der Waals surface area contributed by atoms with Gasteiger partial charge in [-0.1, -0.05) is 24.3 Å². The van der Waals surface area contributed by atoms with Crippen molar-refractivity contribution in [1.82, 2.24) is 9.88 Å². The van der Waals surface area contributed by atoms with Gasteiger partial charge in [-0.25, -0.2) is 0 Å². The highest BCUT2D eigenvalue weighted by Crippen LogP contribution is 2.24. The van der Waals surface area contributed by atoms with E-state index in [4.69, 9.17) is 0 Å². The molecule has 22 heavy (non-hydrogen) atoms. The summed E-state index contributed by atoms with van der Waals surface area (Å²) in [6, 6.07) is 16.6. The lowest BCUT2D eigenvalue weighted by Gasteiger charge is -2.08. The first-order chi connectivity index (χ1) is 10.8. The normalized spacial score (nSPS) is 14.7. The minimum Gasteiger partial charge on any atom is -0.508 e. The molecule has 2 N–H and O–H groups in total. The van der Waals surface area contributed by atoms with Gasteiger partial charge < -0.3 is 15.0 Å². The van der Waals surface area contributed by atoms with E-state index in [-0.39, 0.29) is 0 Å². The van der Waals surface area contributed by atoms with Gasteiger partial charge in [0.05, 0.1) is 0 Å². The van der Waals surface area contributed by atoms with Crippen LogP contribution in [-0.2, 0) is 19.4 Å². The molecule has 3 aromatic rings. The largest absolute Gasteiger partial charge is 0.508 e. The first-order valence-electron chi connectivity index (χ1n) is 7.89. The van der Waals surface area contributed by atoms with Gasteiger partial charge >= 0.3 is 0 Å². The van der Waals surface area contributed by atoms with Gasteiger partial charge in [-0.05, 0) is 47.2 Å². The van der Waals surface area contributed by atoms with Crippen LogP contribution in [-0.4, -0.2) is 22.8 Å². The minimum atomic E-state index is 0.334. The molecule has 1 aromatic heterocycles. The highest BCUT2D eigenvalue weighted by Gasteiger charge is 2.12. The summed E-state index contributed by atoms with van der Waals surface area (Å²) in [4.78, 5) is 0. The van der Waals surface area contributed by atoms with E-state index in [1.165, 1.54) is 22.2 Å². The third-order valence-electron chi connectivity index (χ3n) is 4.44. The Kier molecular flexibility index (Phi) is 3.35. The van der Waals surface area contributed by atoms with Gasteiger partial charge in [-0.15, -0.1) is 0 Å². The molecule has 0 bridgehead atoms. The summed E-state index contributed by atoms with van der Waals surface area (Å²) in [5, 5.41) is 14.4. The van der Waals surface area contributed by atoms with Crippen molar-refractivity contribution >= 4 is 10.9 Å². The van der Waals surface area contributed by atoms with Crippen LogP contribution >= 0.6 is 0 Å². The van der Waals surface area contributed by atoms with Crippen molar-refractivity contribution in [2.45, 2.75) is 19.4 Å². The van der Waals surface area contributed by atoms with Crippen molar-refractivity contribution in [3.8, 4) is 5.75 Å². The SMILES string of the molecule is Oc1cccc(Cc2ccc3cc4n(c3c2)CCNCC4)c1. The topological polar surface area (TPSA) is 37.2 Å². The second kappa shape index (κ2) is 5.50. The number of aromatic nitrogens is 1. The van der Waals surface area contributed by atoms with E-state index < -0.39 is 0 Å². The fourth-order valence-electron chi connectivity index (χ4n) is 3.37. The van der Waals surface area contributed by atoms with Crippen LogP contribution < -0.4 is 5.32 Å². The number of nitrogens with zero attached hydrogens (tertiary/aromatic N) is 1. The van der Waals surface area contributed by atoms with Crippen molar-refractivity contribution < 1.29 is 5.11 Å². The Balaban J connectivity index is 1.72. The van der Waals surface area contributed by atoms with Crippen LogP contribution in [0.4, 0.5) is 0 Å². The van der Waals surface area contributed by atoms with Crippen molar-refractivity contribution in [3.63, 3.8) is 0 Å². The minimum absolute atomic E-state index is 0.334. The van der Waals surface area contributed by atoms with Crippen LogP contribution in [0.25, 0.3) is 10.9 Å². The molecule has 0 saturated carbocycles. The maximum Gasteiger partial charge on any atom is 0.115 e. The van der Waals surface area contributed by atoms with Crippen LogP contribution in [0.2, 0.25) is 0 Å². The third kappa shape index (κ3) is 2.48. The van der Waals surface area contributed by atoms with Crippen molar-refractivity contribution in [2.75, 3.05) is 13.1 Å². The maximum absolute atomic E-state index is 9.61. The molecule has 0 unspecified atom stereocenters. The number of phenols is 1. The first kappa shape index (κ1) is 13.4. The number of phenolic OH excluding ortho intramolecular Hbond substituents is 1. The van der Waals surface area contributed by atoms with E-state index in [1.54, 1.807) is 6.07 Å². The van der Waals surface area contributed by atoms with Gasteiger partial charge in [0.1, 0.15) is 5.75 Å². The molecule has 2 heterocycles. The monoisotopic (exact) mass is 292 g/mol. The molecule has 0 saturated heterocycles. The summed E-state index contributed by atoms with van der Waals surface area (Å²) >= 11 is 0. The molecule has 1 aliphatic heterocycles. The Bertz CT molecular complexity index is 819. The molecular weight excluding hydrogens is 272 g/mol. The number of rotatable bonds is 2. The van der Waals surface area contributed by atoms with E-state index >= 15 is 0 Å². The van der Waals surface area contributed by atoms with Crippen LogP contribution in [0.3, 0.4) is 0 Å². The summed E-state index contributed by atoms with van der Waals surface area (Å²) in [7, 11) is 0. The Labute approximate surface area is 130 Å². The smallest absolute Gasteiger partial charge is 0.115 e. The van der Waals surface area contributed by atoms with E-state index in [2.05, 4.69) is 40.2 Å². The first-order valence-corrected chi connectivity index (χ1v) is 7.89. The zero-order chi connectivity index (χ0) is 14.9. The molecule has 4 rings (SSSR count). The second-order valence-corrected chi connectivity index (χ2v) is 6.03. The number of fused-ring (bicyclic) bond motifs is 3. The summed E-state index contributed by atoms with van der Waals surface area (Å²) in [5.74, 6) is 0.334. The Morgan fingerprint density at radius 1 is 1.00 bits per heavy atom. The predicted molar refractivity (Wildman–Crippen MR) is 89.4 cm³/mol. The van der Waals surface area contributed by atoms with Gasteiger partial charge in [0.15, 0.2) is 0 Å². The van der Waals surface area contributed by atoms with Gasteiger partial charge in [0.25, 0.3) is 0 Å². The maximum atomic E-state index is 9.61. The van der Waals surface area contributed by atoms with Gasteiger partial charge in [0, 0.05) is 37.3 Å². The Hall–Kier alpha value is -2.26. The lowest BCUT2D eigenvalue weighted by Crippen LogP contribution is -2.17. The van der Waals surface area contributed by atoms with E-state index in [0.29, 0.717) is 5.75 Å². The van der Waals surface area contributed by atoms with Crippen molar-refractivity contribution in [1.29, 1.82) is 0 Å². The van der Waals surface area contributed by atoms with E-state index in [1.807, 2.05) is 12.1 Å². The van der Waals surface area contributed by atoms with Crippen LogP contribution in [0.15, 0.2) is 48.5 Å². The molecule has 0 amide bonds. The molecule has 0 aliphatic carbocycles. The van der Waals surface area contributed by atoms with Crippen LogP contribution in [0, 0.1) is 0 Å². The van der Waals surface area contributed by atoms with Crippen molar-refractivity contribution in [2.24, 2.45) is 0 Å². The lowest BCUT2D eigenvalue weighted by molar-refractivity contribution is 0.474. The standard InChI is InChI=1S/C19H20N2O/c22-18-3-1-2-14(11-18)10-15-4-5-16-13-17-6-7-20-8-9-21(17)19(16)12-15/h1-5,11-13,20,22H,6-10H2. The summed E-state index contributed by atoms with van der Waals surface area (Å²) < 4.78 is 2.45. The molecule has 112 valence electrons. The average Bonchev–Trinajstić information content (AvgIpc) is 2.69. The second-order valence-electron chi connectivity index (χ2n) is 6.03. The zero-order valence-electron chi connectivity index (χ0n) is 12.5. The number of hydrogen-bond acceptors (Lipinski definition) is 2. The highest BCUT2D eigenvalue weighted by atomic mass is 16.3. The quantitative estimate of drug-likeness (QED) is 0.761. The molecule has 0 atom stereocenters. The lowest BCUT2D eigenvalue weighted by atomic mass is 10.0. The molecule has 0 spiro atoms. The van der Waals surface area contributed by atoms with Gasteiger partial charge in [-0.3, -0.25) is 0 Å². The van der Waals surface area contributed by atoms with Gasteiger partial charge in [0.2, 0.25) is 0 Å². The number of hydrogen-bond donors (Lipinski definition) is 2. The van der Waals surface area contributed by atoms with Crippen molar-refractivity contribution in [3.05, 3.63) is 65.4 Å². The third-order valence-corrected chi connectivity index (χ3v) is 4.44. The highest BCUT2D eigenvalue weighted by molar-refractivity contribution is 5.82. The zero-order valence-corrected chi connectivity index (χ0v) is 12.5. The molecule has 0 fully saturated rings. The summed E-state index contributed by atoms with van der Waals surface area (Å²) in [6.07, 6.45) is 1.94. The van der Waals surface area contributed by atoms with E-state index in [9.17, 15) is 5.11 Å². The van der Waals surface area contributed by atoms with Crippen LogP contribution in [0.5, 0.6) is 5.75 Å².